The van der Waals surface area contributed by atoms with Crippen LogP contribution in [-0.4, -0.2) is 36.6 Å². The normalized spacial score (nSPS) is 13.0. The van der Waals surface area contributed by atoms with E-state index in [9.17, 15) is 4.79 Å². The molecule has 0 saturated carbocycles. The van der Waals surface area contributed by atoms with E-state index in [-0.39, 0.29) is 24.4 Å². The summed E-state index contributed by atoms with van der Waals surface area (Å²) in [4.78, 5) is 11.8. The highest BCUT2D eigenvalue weighted by Gasteiger charge is 2.14. The number of carbonyl (C=O) groups is 1. The Balaban J connectivity index is 0.00000400. The summed E-state index contributed by atoms with van der Waals surface area (Å²) in [5, 5.41) is 2.83. The van der Waals surface area contributed by atoms with Crippen molar-refractivity contribution in [1.82, 2.24) is 5.32 Å². The Hall–Kier alpha value is -0.910. The molecular formula is C15H25ClN2O2S. The number of rotatable bonds is 8. The van der Waals surface area contributed by atoms with Crippen LogP contribution in [0.2, 0.25) is 0 Å². The van der Waals surface area contributed by atoms with Crippen molar-refractivity contribution in [3.63, 3.8) is 0 Å². The van der Waals surface area contributed by atoms with Crippen LogP contribution < -0.4 is 15.8 Å². The summed E-state index contributed by atoms with van der Waals surface area (Å²) in [6.07, 6.45) is 2.61. The average Bonchev–Trinajstić information content (AvgIpc) is 2.42. The molecule has 0 saturated heterocycles. The molecule has 1 unspecified atom stereocenters. The molecule has 0 aromatic heterocycles. The summed E-state index contributed by atoms with van der Waals surface area (Å²) in [7, 11) is 0. The van der Waals surface area contributed by atoms with Crippen molar-refractivity contribution in [1.29, 1.82) is 0 Å². The van der Waals surface area contributed by atoms with Crippen LogP contribution >= 0.6 is 24.2 Å². The van der Waals surface area contributed by atoms with Gasteiger partial charge in [0.25, 0.3) is 0 Å². The number of aryl methyl sites for hydroxylation is 1. The molecule has 0 fully saturated rings. The third-order valence-corrected chi connectivity index (χ3v) is 3.50. The summed E-state index contributed by atoms with van der Waals surface area (Å²) in [6.45, 7) is 4.40. The van der Waals surface area contributed by atoms with Crippen LogP contribution in [0, 0.1) is 6.92 Å². The fraction of sp³-hybridized carbons (Fsp3) is 0.533. The molecule has 0 bridgehead atoms. The Morgan fingerprint density at radius 1 is 1.48 bits per heavy atom. The van der Waals surface area contributed by atoms with Crippen LogP contribution in [0.15, 0.2) is 24.3 Å². The Morgan fingerprint density at radius 3 is 2.81 bits per heavy atom. The molecule has 6 heteroatoms. The lowest BCUT2D eigenvalue weighted by atomic mass is 10.2. The van der Waals surface area contributed by atoms with Gasteiger partial charge in [0.15, 0.2) is 0 Å². The van der Waals surface area contributed by atoms with Crippen molar-refractivity contribution in [3.05, 3.63) is 29.8 Å². The van der Waals surface area contributed by atoms with E-state index in [1.54, 1.807) is 11.8 Å². The molecule has 21 heavy (non-hydrogen) atoms. The second-order valence-corrected chi connectivity index (χ2v) is 5.86. The molecule has 0 aliphatic heterocycles. The first kappa shape index (κ1) is 20.1. The van der Waals surface area contributed by atoms with Crippen molar-refractivity contribution in [3.8, 4) is 5.75 Å². The van der Waals surface area contributed by atoms with Gasteiger partial charge in [-0.1, -0.05) is 12.1 Å². The third kappa shape index (κ3) is 8.19. The number of thioether (sulfide) groups is 1. The highest BCUT2D eigenvalue weighted by Crippen LogP contribution is 2.13. The van der Waals surface area contributed by atoms with E-state index in [1.165, 1.54) is 0 Å². The Morgan fingerprint density at radius 2 is 2.19 bits per heavy atom. The van der Waals surface area contributed by atoms with Gasteiger partial charge < -0.3 is 15.8 Å². The number of hydrogen-bond acceptors (Lipinski definition) is 4. The molecule has 1 aromatic carbocycles. The van der Waals surface area contributed by atoms with Crippen LogP contribution in [0.4, 0.5) is 0 Å². The lowest BCUT2D eigenvalue weighted by Gasteiger charge is -2.17. The monoisotopic (exact) mass is 332 g/mol. The van der Waals surface area contributed by atoms with Gasteiger partial charge in [0.05, 0.1) is 12.6 Å². The first-order valence-electron chi connectivity index (χ1n) is 6.78. The van der Waals surface area contributed by atoms with Gasteiger partial charge in [-0.05, 0) is 50.0 Å². The zero-order valence-corrected chi connectivity index (χ0v) is 14.4. The number of ether oxygens (including phenoxy) is 1. The molecular weight excluding hydrogens is 308 g/mol. The lowest BCUT2D eigenvalue weighted by molar-refractivity contribution is -0.122. The third-order valence-electron chi connectivity index (χ3n) is 2.86. The first-order valence-corrected chi connectivity index (χ1v) is 8.18. The minimum Gasteiger partial charge on any atom is -0.489 e. The fourth-order valence-electron chi connectivity index (χ4n) is 1.71. The van der Waals surface area contributed by atoms with Crippen molar-refractivity contribution in [2.24, 2.45) is 5.73 Å². The van der Waals surface area contributed by atoms with Gasteiger partial charge in [-0.3, -0.25) is 4.79 Å². The molecule has 1 aromatic rings. The molecule has 120 valence electrons. The van der Waals surface area contributed by atoms with Crippen LogP contribution in [0.25, 0.3) is 0 Å². The number of carbonyl (C=O) groups excluding carboxylic acids is 1. The van der Waals surface area contributed by atoms with Crippen molar-refractivity contribution < 1.29 is 9.53 Å². The van der Waals surface area contributed by atoms with E-state index in [1.807, 2.05) is 44.4 Å². The zero-order valence-electron chi connectivity index (χ0n) is 12.8. The van der Waals surface area contributed by atoms with Gasteiger partial charge >= 0.3 is 0 Å². The molecule has 0 spiro atoms. The molecule has 1 rings (SSSR count). The van der Waals surface area contributed by atoms with Gasteiger partial charge in [-0.15, -0.1) is 12.4 Å². The Bertz CT molecular complexity index is 432. The summed E-state index contributed by atoms with van der Waals surface area (Å²) < 4.78 is 5.75. The maximum atomic E-state index is 11.8. The second kappa shape index (κ2) is 10.8. The molecule has 0 aliphatic carbocycles. The van der Waals surface area contributed by atoms with E-state index in [4.69, 9.17) is 10.5 Å². The largest absolute Gasteiger partial charge is 0.489 e. The molecule has 0 aliphatic rings. The standard InChI is InChI=1S/C15H24N2O2S.ClH/c1-11-5-4-6-13(9-11)19-12(2)10-17-15(18)14(16)7-8-20-3;/h4-6,9,12,14H,7-8,10,16H2,1-3H3,(H,17,18);1H/t12?,14-;/m0./s1. The molecule has 2 atom stereocenters. The summed E-state index contributed by atoms with van der Waals surface area (Å²) in [5.74, 6) is 1.60. The van der Waals surface area contributed by atoms with Crippen LogP contribution in [-0.2, 0) is 4.79 Å². The van der Waals surface area contributed by atoms with E-state index in [0.29, 0.717) is 13.0 Å². The maximum absolute atomic E-state index is 11.8. The topological polar surface area (TPSA) is 64.4 Å². The molecule has 0 radical (unpaired) electrons. The van der Waals surface area contributed by atoms with E-state index < -0.39 is 6.04 Å². The van der Waals surface area contributed by atoms with Gasteiger partial charge in [-0.25, -0.2) is 0 Å². The number of hydrogen-bond donors (Lipinski definition) is 2. The summed E-state index contributed by atoms with van der Waals surface area (Å²) in [6, 6.07) is 7.42. The highest BCUT2D eigenvalue weighted by atomic mass is 35.5. The minimum atomic E-state index is -0.436. The van der Waals surface area contributed by atoms with E-state index >= 15 is 0 Å². The van der Waals surface area contributed by atoms with Crippen LogP contribution in [0.5, 0.6) is 5.75 Å². The van der Waals surface area contributed by atoms with Gasteiger partial charge in [-0.2, -0.15) is 11.8 Å². The molecule has 4 nitrogen and oxygen atoms in total. The number of amides is 1. The molecule has 0 heterocycles. The van der Waals surface area contributed by atoms with Gasteiger partial charge in [0.2, 0.25) is 5.91 Å². The summed E-state index contributed by atoms with van der Waals surface area (Å²) in [5.41, 5.74) is 6.95. The van der Waals surface area contributed by atoms with Crippen LogP contribution in [0.1, 0.15) is 18.9 Å². The number of benzene rings is 1. The first-order chi connectivity index (χ1) is 9.52. The van der Waals surface area contributed by atoms with Crippen LogP contribution in [0.3, 0.4) is 0 Å². The highest BCUT2D eigenvalue weighted by molar-refractivity contribution is 7.98. The minimum absolute atomic E-state index is 0. The lowest BCUT2D eigenvalue weighted by Crippen LogP contribution is -2.44. The zero-order chi connectivity index (χ0) is 15.0. The van der Waals surface area contributed by atoms with Crippen molar-refractivity contribution >= 4 is 30.1 Å². The molecule has 1 amide bonds. The quantitative estimate of drug-likeness (QED) is 0.767. The van der Waals surface area contributed by atoms with E-state index in [2.05, 4.69) is 5.32 Å². The number of halogens is 1. The Labute approximate surface area is 137 Å². The van der Waals surface area contributed by atoms with Gasteiger partial charge in [0.1, 0.15) is 11.9 Å². The predicted octanol–water partition coefficient (Wildman–Crippen LogP) is 2.38. The number of nitrogens with one attached hydrogen (secondary N) is 1. The second-order valence-electron chi connectivity index (χ2n) is 4.88. The predicted molar refractivity (Wildman–Crippen MR) is 92.5 cm³/mol. The maximum Gasteiger partial charge on any atom is 0.237 e. The summed E-state index contributed by atoms with van der Waals surface area (Å²) >= 11 is 1.69. The average molecular weight is 333 g/mol. The SMILES string of the molecule is CSCC[C@H](N)C(=O)NCC(C)Oc1cccc(C)c1.Cl. The molecule has 3 N–H and O–H groups in total. The Kier molecular flexibility index (Phi) is 10.3. The fourth-order valence-corrected chi connectivity index (χ4v) is 2.20. The van der Waals surface area contributed by atoms with Crippen molar-refractivity contribution in [2.75, 3.05) is 18.6 Å². The smallest absolute Gasteiger partial charge is 0.237 e. The van der Waals surface area contributed by atoms with E-state index in [0.717, 1.165) is 17.1 Å². The number of nitrogens with two attached hydrogens (primary N) is 1. The van der Waals surface area contributed by atoms with Gasteiger partial charge in [0, 0.05) is 0 Å². The van der Waals surface area contributed by atoms with Crippen molar-refractivity contribution in [2.45, 2.75) is 32.4 Å².